The molecule has 1 aliphatic heterocycles. The third kappa shape index (κ3) is 1.55. The Morgan fingerprint density at radius 3 is 2.62 bits per heavy atom. The average Bonchev–Trinajstić information content (AvgIpc) is 2.88. The van der Waals surface area contributed by atoms with E-state index < -0.39 is 11.6 Å². The average molecular weight is 186 g/mol. The number of aliphatic hydroxyl groups excluding tert-OH is 1. The zero-order valence-electron chi connectivity index (χ0n) is 6.71. The van der Waals surface area contributed by atoms with E-state index in [-0.39, 0.29) is 18.8 Å². The van der Waals surface area contributed by atoms with Crippen molar-refractivity contribution in [2.45, 2.75) is 12.2 Å². The Morgan fingerprint density at radius 2 is 2.08 bits per heavy atom. The van der Waals surface area contributed by atoms with Gasteiger partial charge < -0.3 is 9.84 Å². The van der Waals surface area contributed by atoms with Gasteiger partial charge in [-0.2, -0.15) is 0 Å². The van der Waals surface area contributed by atoms with Crippen molar-refractivity contribution in [3.63, 3.8) is 0 Å². The molecule has 0 radical (unpaired) electrons. The molecular weight excluding hydrogens is 178 g/mol. The van der Waals surface area contributed by atoms with Gasteiger partial charge in [-0.3, -0.25) is 0 Å². The summed E-state index contributed by atoms with van der Waals surface area (Å²) in [6.07, 6.45) is -0.537. The van der Waals surface area contributed by atoms with Crippen LogP contribution >= 0.6 is 0 Å². The number of ether oxygens (including phenoxy) is 1. The second-order valence-electron chi connectivity index (χ2n) is 2.95. The molecule has 70 valence electrons. The Balaban J connectivity index is 2.19. The van der Waals surface area contributed by atoms with Crippen LogP contribution in [0, 0.1) is 11.6 Å². The van der Waals surface area contributed by atoms with Gasteiger partial charge in [0.1, 0.15) is 12.2 Å². The molecule has 2 rings (SSSR count). The fourth-order valence-corrected chi connectivity index (χ4v) is 1.26. The first-order valence-corrected chi connectivity index (χ1v) is 3.93. The number of hydrogen-bond acceptors (Lipinski definition) is 2. The SMILES string of the molecule is OC[C@H]1O[C@@H]1c1ccc(F)c(F)c1. The molecule has 0 spiro atoms. The highest BCUT2D eigenvalue weighted by molar-refractivity contribution is 5.24. The summed E-state index contributed by atoms with van der Waals surface area (Å²) in [6.45, 7) is -0.0936. The van der Waals surface area contributed by atoms with Gasteiger partial charge in [0.25, 0.3) is 0 Å². The van der Waals surface area contributed by atoms with Gasteiger partial charge >= 0.3 is 0 Å². The van der Waals surface area contributed by atoms with Crippen LogP contribution in [0.3, 0.4) is 0 Å². The second kappa shape index (κ2) is 3.05. The number of benzene rings is 1. The Bertz CT molecular complexity index is 327. The Hall–Kier alpha value is -1.00. The van der Waals surface area contributed by atoms with Gasteiger partial charge in [-0.05, 0) is 17.7 Å². The third-order valence-corrected chi connectivity index (χ3v) is 2.03. The van der Waals surface area contributed by atoms with Crippen LogP contribution in [0.15, 0.2) is 18.2 Å². The fraction of sp³-hybridized carbons (Fsp3) is 0.333. The molecule has 13 heavy (non-hydrogen) atoms. The van der Waals surface area contributed by atoms with Crippen LogP contribution in [-0.2, 0) is 4.74 Å². The maximum Gasteiger partial charge on any atom is 0.159 e. The first-order chi connectivity index (χ1) is 6.22. The maximum atomic E-state index is 12.7. The maximum absolute atomic E-state index is 12.7. The minimum Gasteiger partial charge on any atom is -0.394 e. The van der Waals surface area contributed by atoms with Crippen molar-refractivity contribution in [3.8, 4) is 0 Å². The summed E-state index contributed by atoms with van der Waals surface area (Å²) < 4.78 is 30.2. The van der Waals surface area contributed by atoms with Gasteiger partial charge in [0, 0.05) is 0 Å². The van der Waals surface area contributed by atoms with E-state index in [2.05, 4.69) is 0 Å². The first kappa shape index (κ1) is 8.59. The van der Waals surface area contributed by atoms with Crippen molar-refractivity contribution in [2.75, 3.05) is 6.61 Å². The molecule has 0 unspecified atom stereocenters. The largest absolute Gasteiger partial charge is 0.394 e. The summed E-state index contributed by atoms with van der Waals surface area (Å²) in [6, 6.07) is 3.61. The molecule has 1 aliphatic rings. The molecule has 0 bridgehead atoms. The smallest absolute Gasteiger partial charge is 0.159 e. The van der Waals surface area contributed by atoms with Crippen molar-refractivity contribution < 1.29 is 18.6 Å². The van der Waals surface area contributed by atoms with Crippen LogP contribution in [-0.4, -0.2) is 17.8 Å². The van der Waals surface area contributed by atoms with Gasteiger partial charge in [-0.1, -0.05) is 6.07 Å². The molecule has 2 atom stereocenters. The van der Waals surface area contributed by atoms with E-state index in [9.17, 15) is 8.78 Å². The van der Waals surface area contributed by atoms with Crippen LogP contribution in [0.4, 0.5) is 8.78 Å². The predicted octanol–water partition coefficient (Wildman–Crippen LogP) is 1.40. The fourth-order valence-electron chi connectivity index (χ4n) is 1.26. The quantitative estimate of drug-likeness (QED) is 0.708. The Kier molecular flexibility index (Phi) is 2.01. The summed E-state index contributed by atoms with van der Waals surface area (Å²) in [5.41, 5.74) is 0.568. The molecule has 1 heterocycles. The summed E-state index contributed by atoms with van der Waals surface area (Å²) >= 11 is 0. The molecule has 0 amide bonds. The van der Waals surface area contributed by atoms with Gasteiger partial charge in [0.2, 0.25) is 0 Å². The highest BCUT2D eigenvalue weighted by Gasteiger charge is 2.39. The van der Waals surface area contributed by atoms with Crippen molar-refractivity contribution in [2.24, 2.45) is 0 Å². The van der Waals surface area contributed by atoms with E-state index in [0.717, 1.165) is 12.1 Å². The third-order valence-electron chi connectivity index (χ3n) is 2.03. The van der Waals surface area contributed by atoms with Gasteiger partial charge in [-0.25, -0.2) is 8.78 Å². The number of epoxide rings is 1. The molecule has 0 aromatic heterocycles. The highest BCUT2D eigenvalue weighted by Crippen LogP contribution is 2.38. The topological polar surface area (TPSA) is 32.8 Å². The lowest BCUT2D eigenvalue weighted by atomic mass is 10.1. The zero-order valence-corrected chi connectivity index (χ0v) is 6.71. The second-order valence-corrected chi connectivity index (χ2v) is 2.95. The molecular formula is C9H8F2O2. The van der Waals surface area contributed by atoms with E-state index >= 15 is 0 Å². The van der Waals surface area contributed by atoms with Gasteiger partial charge in [0.15, 0.2) is 11.6 Å². The molecule has 2 nitrogen and oxygen atoms in total. The summed E-state index contributed by atoms with van der Waals surface area (Å²) in [7, 11) is 0. The van der Waals surface area contributed by atoms with E-state index in [1.165, 1.54) is 6.07 Å². The van der Waals surface area contributed by atoms with Gasteiger partial charge in [-0.15, -0.1) is 0 Å². The minimum absolute atomic E-state index is 0.0936. The van der Waals surface area contributed by atoms with E-state index in [1.54, 1.807) is 0 Å². The number of rotatable bonds is 2. The standard InChI is InChI=1S/C9H8F2O2/c10-6-2-1-5(3-7(6)11)9-8(4-12)13-9/h1-3,8-9,12H,4H2/t8-,9-/m1/s1. The minimum atomic E-state index is -0.885. The van der Waals surface area contributed by atoms with Crippen molar-refractivity contribution >= 4 is 0 Å². The number of hydrogen-bond donors (Lipinski definition) is 1. The molecule has 4 heteroatoms. The lowest BCUT2D eigenvalue weighted by molar-refractivity contribution is 0.242. The monoisotopic (exact) mass is 186 g/mol. The zero-order chi connectivity index (χ0) is 9.42. The predicted molar refractivity (Wildman–Crippen MR) is 41.1 cm³/mol. The van der Waals surface area contributed by atoms with E-state index in [4.69, 9.17) is 9.84 Å². The van der Waals surface area contributed by atoms with Crippen molar-refractivity contribution in [3.05, 3.63) is 35.4 Å². The summed E-state index contributed by atoms with van der Waals surface area (Å²) in [4.78, 5) is 0. The molecule has 1 saturated heterocycles. The summed E-state index contributed by atoms with van der Waals surface area (Å²) in [5.74, 6) is -1.75. The van der Waals surface area contributed by atoms with Crippen molar-refractivity contribution in [1.29, 1.82) is 0 Å². The number of halogens is 2. The molecule has 0 saturated carbocycles. The first-order valence-electron chi connectivity index (χ1n) is 3.93. The molecule has 1 aromatic carbocycles. The lowest BCUT2D eigenvalue weighted by Crippen LogP contribution is -1.95. The van der Waals surface area contributed by atoms with Crippen LogP contribution in [0.25, 0.3) is 0 Å². The molecule has 1 N–H and O–H groups in total. The van der Waals surface area contributed by atoms with Crippen LogP contribution in [0.5, 0.6) is 0 Å². The molecule has 1 aromatic rings. The molecule has 0 aliphatic carbocycles. The highest BCUT2D eigenvalue weighted by atomic mass is 19.2. The van der Waals surface area contributed by atoms with Gasteiger partial charge in [0.05, 0.1) is 6.61 Å². The number of aliphatic hydroxyl groups is 1. The van der Waals surface area contributed by atoms with Crippen LogP contribution in [0.2, 0.25) is 0 Å². The van der Waals surface area contributed by atoms with Crippen LogP contribution in [0.1, 0.15) is 11.7 Å². The van der Waals surface area contributed by atoms with Crippen LogP contribution < -0.4 is 0 Å². The lowest BCUT2D eigenvalue weighted by Gasteiger charge is -1.96. The Morgan fingerprint density at radius 1 is 1.31 bits per heavy atom. The van der Waals surface area contributed by atoms with E-state index in [1.807, 2.05) is 0 Å². The Labute approximate surface area is 73.8 Å². The normalized spacial score (nSPS) is 26.1. The van der Waals surface area contributed by atoms with Crippen molar-refractivity contribution in [1.82, 2.24) is 0 Å². The van der Waals surface area contributed by atoms with E-state index in [0.29, 0.717) is 5.56 Å². The molecule has 1 fully saturated rings. The summed E-state index contributed by atoms with van der Waals surface area (Å²) in [5, 5.41) is 8.67.